The van der Waals surface area contributed by atoms with E-state index in [0.29, 0.717) is 11.5 Å². The van der Waals surface area contributed by atoms with Crippen molar-refractivity contribution < 1.29 is 20.4 Å². The second-order valence-corrected chi connectivity index (χ2v) is 5.97. The molecule has 4 nitrogen and oxygen atoms in total. The molecular weight excluding hydrogens is 280 g/mol. The van der Waals surface area contributed by atoms with Crippen LogP contribution in [0.4, 0.5) is 0 Å². The van der Waals surface area contributed by atoms with Crippen molar-refractivity contribution in [2.24, 2.45) is 0 Å². The van der Waals surface area contributed by atoms with Gasteiger partial charge in [0.1, 0.15) is 5.75 Å². The van der Waals surface area contributed by atoms with Crippen LogP contribution in [0.5, 0.6) is 17.2 Å². The summed E-state index contributed by atoms with van der Waals surface area (Å²) in [5.74, 6) is 0.565. The number of benzene rings is 2. The van der Waals surface area contributed by atoms with Gasteiger partial charge in [0.25, 0.3) is 0 Å². The lowest BCUT2D eigenvalue weighted by Gasteiger charge is -2.15. The number of hydrogen-bond donors (Lipinski definition) is 4. The number of para-hydroxylation sites is 1. The van der Waals surface area contributed by atoms with Crippen molar-refractivity contribution in [2.75, 3.05) is 0 Å². The molecule has 0 bridgehead atoms. The Kier molecular flexibility index (Phi) is 3.94. The van der Waals surface area contributed by atoms with Crippen LogP contribution in [0.1, 0.15) is 47.8 Å². The fourth-order valence-corrected chi connectivity index (χ4v) is 3.43. The van der Waals surface area contributed by atoms with Gasteiger partial charge >= 0.3 is 0 Å². The molecule has 4 N–H and O–H groups in total. The van der Waals surface area contributed by atoms with Gasteiger partial charge in [-0.15, -0.1) is 0 Å². The van der Waals surface area contributed by atoms with Gasteiger partial charge in [-0.3, -0.25) is 0 Å². The lowest BCUT2D eigenvalue weighted by molar-refractivity contribution is 0.275. The maximum Gasteiger partial charge on any atom is 0.160 e. The average Bonchev–Trinajstić information content (AvgIpc) is 3.00. The molecule has 0 amide bonds. The molecule has 4 heteroatoms. The summed E-state index contributed by atoms with van der Waals surface area (Å²) in [4.78, 5) is 0. The van der Waals surface area contributed by atoms with E-state index >= 15 is 0 Å². The molecule has 2 aromatic carbocycles. The molecule has 0 radical (unpaired) electrons. The Morgan fingerprint density at radius 1 is 0.909 bits per heavy atom. The Labute approximate surface area is 129 Å². The molecule has 1 fully saturated rings. The van der Waals surface area contributed by atoms with Crippen molar-refractivity contribution in [3.63, 3.8) is 0 Å². The highest BCUT2D eigenvalue weighted by atomic mass is 16.3. The zero-order chi connectivity index (χ0) is 15.7. The Hall–Kier alpha value is -2.20. The van der Waals surface area contributed by atoms with Gasteiger partial charge in [0, 0.05) is 11.1 Å². The standard InChI is InChI=1S/C18H20O4/c19-10-14-9-12(6-7-16(14)20)11-4-5-13(8-11)15-2-1-3-17(21)18(15)22/h1-3,6-7,9,11,13,19-22H,4-5,8,10H2. The Morgan fingerprint density at radius 2 is 1.68 bits per heavy atom. The summed E-state index contributed by atoms with van der Waals surface area (Å²) in [6.45, 7) is -0.177. The number of phenolic OH excluding ortho intramolecular Hbond substituents is 2. The number of rotatable bonds is 3. The van der Waals surface area contributed by atoms with E-state index in [0.717, 1.165) is 30.4 Å². The van der Waals surface area contributed by atoms with Crippen LogP contribution in [-0.4, -0.2) is 20.4 Å². The molecule has 2 atom stereocenters. The summed E-state index contributed by atoms with van der Waals surface area (Å²) in [5.41, 5.74) is 2.44. The quantitative estimate of drug-likeness (QED) is 0.655. The largest absolute Gasteiger partial charge is 0.508 e. The smallest absolute Gasteiger partial charge is 0.160 e. The normalized spacial score (nSPS) is 21.1. The minimum absolute atomic E-state index is 0.0186. The summed E-state index contributed by atoms with van der Waals surface area (Å²) in [6, 6.07) is 10.5. The van der Waals surface area contributed by atoms with E-state index < -0.39 is 0 Å². The Morgan fingerprint density at radius 3 is 2.45 bits per heavy atom. The van der Waals surface area contributed by atoms with Crippen molar-refractivity contribution in [3.8, 4) is 17.2 Å². The molecule has 0 spiro atoms. The van der Waals surface area contributed by atoms with E-state index in [1.807, 2.05) is 18.2 Å². The molecule has 116 valence electrons. The van der Waals surface area contributed by atoms with E-state index in [1.165, 1.54) is 6.07 Å². The first kappa shape index (κ1) is 14.7. The van der Waals surface area contributed by atoms with Crippen molar-refractivity contribution in [1.29, 1.82) is 0 Å². The van der Waals surface area contributed by atoms with Crippen LogP contribution < -0.4 is 0 Å². The van der Waals surface area contributed by atoms with Crippen LogP contribution in [0.15, 0.2) is 36.4 Å². The first-order chi connectivity index (χ1) is 10.6. The molecule has 2 unspecified atom stereocenters. The Bertz CT molecular complexity index is 681. The zero-order valence-corrected chi connectivity index (χ0v) is 12.2. The molecule has 1 saturated carbocycles. The highest BCUT2D eigenvalue weighted by Gasteiger charge is 2.29. The molecule has 22 heavy (non-hydrogen) atoms. The lowest BCUT2D eigenvalue weighted by Crippen LogP contribution is -1.97. The minimum Gasteiger partial charge on any atom is -0.508 e. The number of hydrogen-bond acceptors (Lipinski definition) is 4. The predicted molar refractivity (Wildman–Crippen MR) is 83.1 cm³/mol. The van der Waals surface area contributed by atoms with Gasteiger partial charge in [-0.2, -0.15) is 0 Å². The molecule has 1 aliphatic rings. The molecule has 3 rings (SSSR count). The fourth-order valence-electron chi connectivity index (χ4n) is 3.43. The van der Waals surface area contributed by atoms with Crippen molar-refractivity contribution in [2.45, 2.75) is 37.7 Å². The number of aliphatic hydroxyl groups excluding tert-OH is 1. The first-order valence-electron chi connectivity index (χ1n) is 7.53. The highest BCUT2D eigenvalue weighted by Crippen LogP contribution is 2.47. The first-order valence-corrected chi connectivity index (χ1v) is 7.53. The fraction of sp³-hybridized carbons (Fsp3) is 0.333. The van der Waals surface area contributed by atoms with Gasteiger partial charge in [-0.25, -0.2) is 0 Å². The van der Waals surface area contributed by atoms with Crippen molar-refractivity contribution in [3.05, 3.63) is 53.1 Å². The molecule has 0 saturated heterocycles. The maximum absolute atomic E-state index is 10.0. The van der Waals surface area contributed by atoms with Crippen LogP contribution in [0.3, 0.4) is 0 Å². The van der Waals surface area contributed by atoms with Crippen LogP contribution in [0.25, 0.3) is 0 Å². The second kappa shape index (κ2) is 5.89. The minimum atomic E-state index is -0.177. The average molecular weight is 300 g/mol. The van der Waals surface area contributed by atoms with Gasteiger partial charge in [-0.1, -0.05) is 18.2 Å². The van der Waals surface area contributed by atoms with E-state index in [-0.39, 0.29) is 29.8 Å². The third-order valence-electron chi connectivity index (χ3n) is 4.66. The van der Waals surface area contributed by atoms with Gasteiger partial charge in [0.2, 0.25) is 0 Å². The van der Waals surface area contributed by atoms with Gasteiger partial charge in [-0.05, 0) is 54.9 Å². The van der Waals surface area contributed by atoms with Crippen LogP contribution in [-0.2, 0) is 6.61 Å². The number of aliphatic hydroxyl groups is 1. The molecule has 0 aliphatic heterocycles. The van der Waals surface area contributed by atoms with Crippen LogP contribution in [0, 0.1) is 0 Å². The monoisotopic (exact) mass is 300 g/mol. The van der Waals surface area contributed by atoms with Crippen LogP contribution in [0.2, 0.25) is 0 Å². The van der Waals surface area contributed by atoms with Crippen molar-refractivity contribution >= 4 is 0 Å². The highest BCUT2D eigenvalue weighted by molar-refractivity contribution is 5.47. The topological polar surface area (TPSA) is 80.9 Å². The van der Waals surface area contributed by atoms with E-state index in [9.17, 15) is 20.4 Å². The summed E-state index contributed by atoms with van der Waals surface area (Å²) in [7, 11) is 0. The summed E-state index contributed by atoms with van der Waals surface area (Å²) >= 11 is 0. The summed E-state index contributed by atoms with van der Waals surface area (Å²) in [5, 5.41) is 38.6. The lowest BCUT2D eigenvalue weighted by atomic mass is 9.91. The molecular formula is C18H20O4. The third-order valence-corrected chi connectivity index (χ3v) is 4.66. The Balaban J connectivity index is 1.81. The summed E-state index contributed by atoms with van der Waals surface area (Å²) < 4.78 is 0. The van der Waals surface area contributed by atoms with Gasteiger partial charge < -0.3 is 20.4 Å². The van der Waals surface area contributed by atoms with Crippen molar-refractivity contribution in [1.82, 2.24) is 0 Å². The summed E-state index contributed by atoms with van der Waals surface area (Å²) in [6.07, 6.45) is 2.80. The predicted octanol–water partition coefficient (Wildman–Crippen LogP) is 3.35. The SMILES string of the molecule is OCc1cc(C2CCC(c3cccc(O)c3O)C2)ccc1O. The molecule has 0 heterocycles. The maximum atomic E-state index is 10.0. The van der Waals surface area contributed by atoms with Gasteiger partial charge in [0.15, 0.2) is 11.5 Å². The van der Waals surface area contributed by atoms with Gasteiger partial charge in [0.05, 0.1) is 6.61 Å². The van der Waals surface area contributed by atoms with Crippen LogP contribution >= 0.6 is 0 Å². The van der Waals surface area contributed by atoms with E-state index in [1.54, 1.807) is 12.1 Å². The molecule has 1 aliphatic carbocycles. The zero-order valence-electron chi connectivity index (χ0n) is 12.2. The van der Waals surface area contributed by atoms with E-state index in [4.69, 9.17) is 0 Å². The second-order valence-electron chi connectivity index (χ2n) is 5.97. The number of aromatic hydroxyl groups is 3. The third kappa shape index (κ3) is 2.62. The number of phenols is 3. The molecule has 0 aromatic heterocycles. The van der Waals surface area contributed by atoms with E-state index in [2.05, 4.69) is 0 Å². The molecule has 2 aromatic rings.